The molecule has 1 aromatic rings. The molecule has 0 radical (unpaired) electrons. The third-order valence-electron chi connectivity index (χ3n) is 12.5. The Morgan fingerprint density at radius 3 is 2.29 bits per heavy atom. The Labute approximate surface area is 307 Å². The third-order valence-corrected chi connectivity index (χ3v) is 12.5. The number of rotatable bonds is 20. The molecule has 9 heteroatoms. The van der Waals surface area contributed by atoms with Crippen molar-refractivity contribution in [3.8, 4) is 5.75 Å². The number of hydrogen-bond acceptors (Lipinski definition) is 8. The zero-order chi connectivity index (χ0) is 38.1. The molecule has 2 fully saturated rings. The number of ketones is 1. The number of aromatic carboxylic acids is 1. The van der Waals surface area contributed by atoms with Gasteiger partial charge in [0, 0.05) is 18.3 Å². The van der Waals surface area contributed by atoms with E-state index in [1.54, 1.807) is 26.0 Å². The van der Waals surface area contributed by atoms with E-state index in [4.69, 9.17) is 14.2 Å². The molecule has 2 heterocycles. The monoisotopic (exact) mass is 716 g/mol. The lowest BCUT2D eigenvalue weighted by Gasteiger charge is -2.48. The van der Waals surface area contributed by atoms with Crippen LogP contribution in [0.3, 0.4) is 0 Å². The Kier molecular flexibility index (Phi) is 16.2. The summed E-state index contributed by atoms with van der Waals surface area (Å²) in [5.41, 5.74) is -0.295. The molecule has 0 saturated carbocycles. The molecular formula is C42H68O9. The number of carbonyl (C=O) groups is 3. The van der Waals surface area contributed by atoms with Gasteiger partial charge in [0.15, 0.2) is 0 Å². The molecule has 3 rings (SSSR count). The zero-order valence-corrected chi connectivity index (χ0v) is 33.0. The maximum absolute atomic E-state index is 14.1. The van der Waals surface area contributed by atoms with E-state index in [1.165, 1.54) is 0 Å². The van der Waals surface area contributed by atoms with Crippen molar-refractivity contribution >= 4 is 17.7 Å². The van der Waals surface area contributed by atoms with E-state index in [9.17, 15) is 29.7 Å². The Hall–Kier alpha value is -2.33. The van der Waals surface area contributed by atoms with Gasteiger partial charge >= 0.3 is 11.9 Å². The maximum Gasteiger partial charge on any atom is 0.339 e. The molecule has 0 aliphatic carbocycles. The van der Waals surface area contributed by atoms with Crippen molar-refractivity contribution in [3.05, 3.63) is 28.8 Å². The fraction of sp³-hybridized carbons (Fsp3) is 0.786. The van der Waals surface area contributed by atoms with Crippen molar-refractivity contribution in [2.24, 2.45) is 23.7 Å². The Morgan fingerprint density at radius 1 is 1.02 bits per heavy atom. The second kappa shape index (κ2) is 19.1. The van der Waals surface area contributed by atoms with Gasteiger partial charge < -0.3 is 29.5 Å². The average molecular weight is 717 g/mol. The second-order valence-electron chi connectivity index (χ2n) is 15.8. The van der Waals surface area contributed by atoms with E-state index in [-0.39, 0.29) is 59.6 Å². The van der Waals surface area contributed by atoms with Gasteiger partial charge in [0.25, 0.3) is 0 Å². The number of carboxylic acid groups (broad SMARTS) is 1. The van der Waals surface area contributed by atoms with Gasteiger partial charge in [-0.25, -0.2) is 4.79 Å². The van der Waals surface area contributed by atoms with Gasteiger partial charge in [-0.1, -0.05) is 86.3 Å². The molecule has 0 aromatic heterocycles. The fourth-order valence-corrected chi connectivity index (χ4v) is 8.68. The molecule has 3 N–H and O–H groups in total. The van der Waals surface area contributed by atoms with E-state index < -0.39 is 35.2 Å². The first-order valence-electron chi connectivity index (χ1n) is 19.9. The first kappa shape index (κ1) is 43.1. The molecule has 51 heavy (non-hydrogen) atoms. The quantitative estimate of drug-likeness (QED) is 0.0690. The van der Waals surface area contributed by atoms with Gasteiger partial charge in [0.1, 0.15) is 17.1 Å². The number of aliphatic hydroxyl groups is 2. The number of hydrogen-bond donors (Lipinski definition) is 3. The van der Waals surface area contributed by atoms with E-state index >= 15 is 0 Å². The van der Waals surface area contributed by atoms with Gasteiger partial charge in [-0.05, 0) is 94.6 Å². The summed E-state index contributed by atoms with van der Waals surface area (Å²) in [5, 5.41) is 32.6. The highest BCUT2D eigenvalue weighted by atomic mass is 16.6. The summed E-state index contributed by atoms with van der Waals surface area (Å²) in [7, 11) is 0. The normalized spacial score (nSPS) is 28.9. The van der Waals surface area contributed by atoms with Crippen LogP contribution in [0.2, 0.25) is 0 Å². The molecule has 0 amide bonds. The highest BCUT2D eigenvalue weighted by molar-refractivity contribution is 5.94. The van der Waals surface area contributed by atoms with Crippen molar-refractivity contribution in [1.82, 2.24) is 0 Å². The lowest BCUT2D eigenvalue weighted by atomic mass is 9.74. The number of esters is 1. The first-order valence-corrected chi connectivity index (χ1v) is 19.9. The lowest BCUT2D eigenvalue weighted by molar-refractivity contribution is -0.236. The molecule has 2 saturated heterocycles. The molecule has 10 atom stereocenters. The Balaban J connectivity index is 1.67. The third kappa shape index (κ3) is 10.0. The minimum atomic E-state index is -1.16. The SMILES string of the molecule is CCCCCCCC(=O)Oc1c(C)ccc(CCC(C)C(O)C(C)C(=O)C(CC)C2CC(C)C(CC)(C3CCC(O)(CC)C(C)O3)O2)c1C(=O)O. The first-order chi connectivity index (χ1) is 24.1. The van der Waals surface area contributed by atoms with E-state index in [0.29, 0.717) is 56.1 Å². The van der Waals surface area contributed by atoms with E-state index in [1.807, 2.05) is 27.7 Å². The largest absolute Gasteiger partial charge is 0.478 e. The Morgan fingerprint density at radius 2 is 1.71 bits per heavy atom. The molecule has 0 bridgehead atoms. The summed E-state index contributed by atoms with van der Waals surface area (Å²) in [6, 6.07) is 3.52. The number of carboxylic acids is 1. The highest BCUT2D eigenvalue weighted by Gasteiger charge is 2.56. The van der Waals surface area contributed by atoms with Crippen molar-refractivity contribution in [2.75, 3.05) is 0 Å². The maximum atomic E-state index is 14.1. The van der Waals surface area contributed by atoms with Crippen LogP contribution >= 0.6 is 0 Å². The average Bonchev–Trinajstić information content (AvgIpc) is 3.44. The molecule has 290 valence electrons. The zero-order valence-electron chi connectivity index (χ0n) is 33.0. The Bertz CT molecular complexity index is 1310. The highest BCUT2D eigenvalue weighted by Crippen LogP contribution is 2.49. The van der Waals surface area contributed by atoms with Gasteiger partial charge in [-0.2, -0.15) is 0 Å². The minimum absolute atomic E-state index is 0.0196. The van der Waals surface area contributed by atoms with Gasteiger partial charge in [0.2, 0.25) is 0 Å². The molecule has 0 spiro atoms. The van der Waals surface area contributed by atoms with Crippen molar-refractivity contribution < 1.29 is 43.9 Å². The predicted octanol–water partition coefficient (Wildman–Crippen LogP) is 8.40. The van der Waals surface area contributed by atoms with Crippen LogP contribution in [0.25, 0.3) is 0 Å². The number of unbranched alkanes of at least 4 members (excludes halogenated alkanes) is 4. The van der Waals surface area contributed by atoms with Gasteiger partial charge in [-0.3, -0.25) is 9.59 Å². The fourth-order valence-electron chi connectivity index (χ4n) is 8.68. The predicted molar refractivity (Wildman–Crippen MR) is 199 cm³/mol. The molecular weight excluding hydrogens is 648 g/mol. The summed E-state index contributed by atoms with van der Waals surface area (Å²) >= 11 is 0. The standard InChI is InChI=1S/C42H68O9/c1-10-14-15-16-17-18-35(43)50-39-27(6)20-22-31(36(39)40(46)47)21-19-26(5)37(44)29(8)38(45)32(11-2)33-25-28(7)42(13-4,51-33)34-23-24-41(48,12-3)30(9)49-34/h20,22,26,28-30,32-34,37,44,48H,10-19,21,23-25H2,1-9H3,(H,46,47). The van der Waals surface area contributed by atoms with Crippen LogP contribution in [0, 0.1) is 30.6 Å². The van der Waals surface area contributed by atoms with Crippen LogP contribution in [-0.4, -0.2) is 68.7 Å². The number of Topliss-reactive ketones (excluding diaryl/α,β-unsaturated/α-hetero) is 1. The number of carbonyl (C=O) groups excluding carboxylic acids is 2. The van der Waals surface area contributed by atoms with Crippen LogP contribution in [0.4, 0.5) is 0 Å². The summed E-state index contributed by atoms with van der Waals surface area (Å²) in [6.45, 7) is 17.7. The lowest BCUT2D eigenvalue weighted by Crippen LogP contribution is -2.57. The summed E-state index contributed by atoms with van der Waals surface area (Å²) in [4.78, 5) is 39.2. The van der Waals surface area contributed by atoms with Crippen LogP contribution in [0.1, 0.15) is 160 Å². The van der Waals surface area contributed by atoms with Crippen molar-refractivity contribution in [3.63, 3.8) is 0 Å². The molecule has 9 nitrogen and oxygen atoms in total. The van der Waals surface area contributed by atoms with Crippen molar-refractivity contribution in [1.29, 1.82) is 0 Å². The smallest absolute Gasteiger partial charge is 0.339 e. The number of benzene rings is 1. The van der Waals surface area contributed by atoms with E-state index in [0.717, 1.165) is 38.5 Å². The van der Waals surface area contributed by atoms with Crippen LogP contribution in [0.15, 0.2) is 12.1 Å². The second-order valence-corrected chi connectivity index (χ2v) is 15.8. The van der Waals surface area contributed by atoms with Crippen LogP contribution < -0.4 is 4.74 Å². The van der Waals surface area contributed by atoms with Gasteiger partial charge in [-0.15, -0.1) is 0 Å². The van der Waals surface area contributed by atoms with Crippen LogP contribution in [0.5, 0.6) is 5.75 Å². The minimum Gasteiger partial charge on any atom is -0.478 e. The molecule has 1 aromatic carbocycles. The summed E-state index contributed by atoms with van der Waals surface area (Å²) in [5.74, 6) is -2.70. The molecule has 2 aliphatic rings. The van der Waals surface area contributed by atoms with Gasteiger partial charge in [0.05, 0.1) is 35.6 Å². The summed E-state index contributed by atoms with van der Waals surface area (Å²) < 4.78 is 19.0. The number of aryl methyl sites for hydroxylation is 2. The van der Waals surface area contributed by atoms with Crippen LogP contribution in [-0.2, 0) is 25.5 Å². The molecule has 10 unspecified atom stereocenters. The number of aliphatic hydroxyl groups excluding tert-OH is 1. The molecule has 2 aliphatic heterocycles. The van der Waals surface area contributed by atoms with E-state index in [2.05, 4.69) is 20.8 Å². The topological polar surface area (TPSA) is 140 Å². The number of ether oxygens (including phenoxy) is 3. The van der Waals surface area contributed by atoms with Crippen molar-refractivity contribution in [2.45, 2.75) is 188 Å². The summed E-state index contributed by atoms with van der Waals surface area (Å²) in [6.07, 6.45) is 8.27.